The van der Waals surface area contributed by atoms with E-state index in [1.54, 1.807) is 17.3 Å². The maximum absolute atomic E-state index is 14.2. The van der Waals surface area contributed by atoms with Crippen molar-refractivity contribution in [3.05, 3.63) is 71.2 Å². The Morgan fingerprint density at radius 1 is 1.07 bits per heavy atom. The molecule has 12 heteroatoms. The molecule has 3 aromatic heterocycles. The number of carbonyl (C=O) groups excluding carboxylic acids is 1. The molecule has 220 valence electrons. The summed E-state index contributed by atoms with van der Waals surface area (Å²) in [5.74, 6) is 0.261. The molecule has 5 aromatic rings. The van der Waals surface area contributed by atoms with Gasteiger partial charge in [-0.2, -0.15) is 5.10 Å². The summed E-state index contributed by atoms with van der Waals surface area (Å²) in [4.78, 5) is 36.7. The highest BCUT2D eigenvalue weighted by Gasteiger charge is 2.27. The topological polar surface area (TPSA) is 130 Å². The molecular formula is C31H32FN9O2. The number of aromatic nitrogens is 6. The lowest BCUT2D eigenvalue weighted by Crippen LogP contribution is -2.45. The molecule has 0 radical (unpaired) electrons. The fourth-order valence-corrected chi connectivity index (χ4v) is 5.91. The average Bonchev–Trinajstić information content (AvgIpc) is 3.65. The zero-order chi connectivity index (χ0) is 29.7. The van der Waals surface area contributed by atoms with Crippen molar-refractivity contribution in [3.8, 4) is 28.4 Å². The number of carbonyl (C=O) groups is 1. The number of nitrogens with one attached hydrogen (secondary N) is 2. The summed E-state index contributed by atoms with van der Waals surface area (Å²) < 4.78 is 14.2. The molecule has 0 bridgehead atoms. The summed E-state index contributed by atoms with van der Waals surface area (Å²) in [5, 5.41) is 18.3. The van der Waals surface area contributed by atoms with E-state index in [1.165, 1.54) is 12.1 Å². The van der Waals surface area contributed by atoms with Gasteiger partial charge in [0, 0.05) is 44.5 Å². The van der Waals surface area contributed by atoms with Gasteiger partial charge in [0.1, 0.15) is 17.2 Å². The molecule has 0 aliphatic carbocycles. The van der Waals surface area contributed by atoms with Gasteiger partial charge in [0.15, 0.2) is 17.4 Å². The summed E-state index contributed by atoms with van der Waals surface area (Å²) in [7, 11) is 2.11. The molecule has 1 amide bonds. The van der Waals surface area contributed by atoms with Crippen molar-refractivity contribution < 1.29 is 14.3 Å². The first-order valence-electron chi connectivity index (χ1n) is 14.5. The number of benzene rings is 2. The smallest absolute Gasteiger partial charge is 0.274 e. The van der Waals surface area contributed by atoms with Gasteiger partial charge in [-0.05, 0) is 54.4 Å². The summed E-state index contributed by atoms with van der Waals surface area (Å²) in [6.45, 7) is 6.61. The molecule has 0 atom stereocenters. The Bertz CT molecular complexity index is 1820. The standard InChI is InChI=1S/C31H32FN9O2/c1-3-18-13-27(42)22(32)14-21(18)19-4-5-20-24(12-19)37-38-29(20)30-35-23-6-7-41(17-26(23)36-30)31(43)25-15-34-28(16-33-25)40-10-8-39(2)9-11-40/h4-5,12-16,42H,3,6-11,17H2,1-2H3,(H,35,36)(H,37,38). The SMILES string of the molecule is CCc1cc(O)c(F)cc1-c1ccc2c(-c3nc4c([nH]3)CN(C(=O)c3cnc(N5CCN(C)CC5)cn3)CC4)n[nH]c2c1. The van der Waals surface area contributed by atoms with Crippen molar-refractivity contribution in [2.45, 2.75) is 26.3 Å². The highest BCUT2D eigenvalue weighted by atomic mass is 19.1. The van der Waals surface area contributed by atoms with E-state index in [-0.39, 0.29) is 11.7 Å². The van der Waals surface area contributed by atoms with Gasteiger partial charge in [0.2, 0.25) is 0 Å². The molecule has 2 aliphatic rings. The maximum Gasteiger partial charge on any atom is 0.274 e. The van der Waals surface area contributed by atoms with Crippen molar-refractivity contribution in [1.82, 2.24) is 39.9 Å². The van der Waals surface area contributed by atoms with Crippen molar-refractivity contribution >= 4 is 22.6 Å². The summed E-state index contributed by atoms with van der Waals surface area (Å²) in [6.07, 6.45) is 4.53. The number of nitrogens with zero attached hydrogens (tertiary/aromatic N) is 7. The van der Waals surface area contributed by atoms with Crippen LogP contribution < -0.4 is 4.90 Å². The predicted octanol–water partition coefficient (Wildman–Crippen LogP) is 3.77. The van der Waals surface area contributed by atoms with E-state index in [9.17, 15) is 14.3 Å². The summed E-state index contributed by atoms with van der Waals surface area (Å²) >= 11 is 0. The number of aromatic hydroxyl groups is 1. The minimum atomic E-state index is -0.652. The fourth-order valence-electron chi connectivity index (χ4n) is 5.91. The van der Waals surface area contributed by atoms with E-state index in [0.717, 1.165) is 71.0 Å². The number of H-pyrrole nitrogens is 2. The van der Waals surface area contributed by atoms with Crippen molar-refractivity contribution in [3.63, 3.8) is 0 Å². The van der Waals surface area contributed by atoms with Crippen LogP contribution in [0.1, 0.15) is 34.4 Å². The summed E-state index contributed by atoms with van der Waals surface area (Å²) in [6, 6.07) is 8.63. The zero-order valence-corrected chi connectivity index (χ0v) is 24.1. The highest BCUT2D eigenvalue weighted by molar-refractivity contribution is 5.94. The Labute approximate surface area is 247 Å². The van der Waals surface area contributed by atoms with Gasteiger partial charge < -0.3 is 24.8 Å². The van der Waals surface area contributed by atoms with E-state index in [1.807, 2.05) is 25.1 Å². The first-order valence-corrected chi connectivity index (χ1v) is 14.5. The van der Waals surface area contributed by atoms with Crippen LogP contribution >= 0.6 is 0 Å². The molecule has 43 heavy (non-hydrogen) atoms. The van der Waals surface area contributed by atoms with Crippen LogP contribution in [-0.2, 0) is 19.4 Å². The minimum absolute atomic E-state index is 0.158. The second kappa shape index (κ2) is 10.8. The van der Waals surface area contributed by atoms with Crippen molar-refractivity contribution in [1.29, 1.82) is 0 Å². The van der Waals surface area contributed by atoms with Gasteiger partial charge in [-0.15, -0.1) is 0 Å². The number of phenols is 1. The number of likely N-dealkylation sites (N-methyl/N-ethyl adjacent to an activating group) is 1. The lowest BCUT2D eigenvalue weighted by atomic mass is 9.96. The number of anilines is 1. The van der Waals surface area contributed by atoms with Gasteiger partial charge in [0.05, 0.1) is 35.8 Å². The lowest BCUT2D eigenvalue weighted by molar-refractivity contribution is 0.0725. The third kappa shape index (κ3) is 4.97. The van der Waals surface area contributed by atoms with Crippen LogP contribution in [0.2, 0.25) is 0 Å². The molecule has 0 unspecified atom stereocenters. The number of amides is 1. The van der Waals surface area contributed by atoms with Crippen LogP contribution in [0.15, 0.2) is 42.7 Å². The molecule has 2 aromatic carbocycles. The van der Waals surface area contributed by atoms with Gasteiger partial charge >= 0.3 is 0 Å². The van der Waals surface area contributed by atoms with E-state index >= 15 is 0 Å². The van der Waals surface area contributed by atoms with Gasteiger partial charge in [-0.25, -0.2) is 19.3 Å². The number of aromatic amines is 2. The zero-order valence-electron chi connectivity index (χ0n) is 24.1. The first-order chi connectivity index (χ1) is 20.9. The first kappa shape index (κ1) is 27.0. The lowest BCUT2D eigenvalue weighted by Gasteiger charge is -2.33. The third-order valence-electron chi connectivity index (χ3n) is 8.46. The van der Waals surface area contributed by atoms with E-state index in [2.05, 4.69) is 42.0 Å². The molecule has 11 nitrogen and oxygen atoms in total. The molecule has 0 saturated carbocycles. The molecule has 3 N–H and O–H groups in total. The van der Waals surface area contributed by atoms with E-state index in [4.69, 9.17) is 4.98 Å². The van der Waals surface area contributed by atoms with Gasteiger partial charge in [-0.1, -0.05) is 13.0 Å². The van der Waals surface area contributed by atoms with Crippen LogP contribution in [0.5, 0.6) is 5.75 Å². The van der Waals surface area contributed by atoms with Crippen LogP contribution in [0.4, 0.5) is 10.2 Å². The van der Waals surface area contributed by atoms with Crippen LogP contribution in [-0.4, -0.2) is 90.7 Å². The Morgan fingerprint density at radius 2 is 1.91 bits per heavy atom. The number of hydrogen-bond donors (Lipinski definition) is 3. The molecule has 5 heterocycles. The molecule has 7 rings (SSSR count). The van der Waals surface area contributed by atoms with Crippen LogP contribution in [0, 0.1) is 5.82 Å². The molecular weight excluding hydrogens is 549 g/mol. The number of piperazine rings is 1. The molecule has 0 spiro atoms. The minimum Gasteiger partial charge on any atom is -0.505 e. The second-order valence-corrected chi connectivity index (χ2v) is 11.2. The number of fused-ring (bicyclic) bond motifs is 2. The van der Waals surface area contributed by atoms with Crippen molar-refractivity contribution in [2.24, 2.45) is 0 Å². The third-order valence-corrected chi connectivity index (χ3v) is 8.46. The number of aryl methyl sites for hydroxylation is 1. The van der Waals surface area contributed by atoms with E-state index < -0.39 is 5.82 Å². The number of hydrogen-bond acceptors (Lipinski definition) is 8. The largest absolute Gasteiger partial charge is 0.505 e. The number of halogens is 1. The van der Waals surface area contributed by atoms with Crippen LogP contribution in [0.25, 0.3) is 33.5 Å². The fraction of sp³-hybridized carbons (Fsp3) is 0.323. The van der Waals surface area contributed by atoms with Crippen LogP contribution in [0.3, 0.4) is 0 Å². The quantitative estimate of drug-likeness (QED) is 0.286. The molecule has 1 fully saturated rings. The monoisotopic (exact) mass is 581 g/mol. The normalized spacial score (nSPS) is 15.7. The number of rotatable bonds is 5. The second-order valence-electron chi connectivity index (χ2n) is 11.2. The predicted molar refractivity (Wildman–Crippen MR) is 160 cm³/mol. The average molecular weight is 582 g/mol. The number of phenolic OH excluding ortho intramolecular Hbond substituents is 1. The Morgan fingerprint density at radius 3 is 2.67 bits per heavy atom. The van der Waals surface area contributed by atoms with Crippen molar-refractivity contribution in [2.75, 3.05) is 44.7 Å². The number of imidazole rings is 1. The maximum atomic E-state index is 14.2. The Kier molecular flexibility index (Phi) is 6.77. The van der Waals surface area contributed by atoms with Gasteiger partial charge in [-0.3, -0.25) is 9.89 Å². The summed E-state index contributed by atoms with van der Waals surface area (Å²) in [5.41, 5.74) is 5.98. The highest BCUT2D eigenvalue weighted by Crippen LogP contribution is 2.34. The van der Waals surface area contributed by atoms with E-state index in [0.29, 0.717) is 43.1 Å². The van der Waals surface area contributed by atoms with Gasteiger partial charge in [0.25, 0.3) is 5.91 Å². The molecule has 2 aliphatic heterocycles. The Balaban J connectivity index is 1.09. The molecule has 1 saturated heterocycles. The Hall–Kier alpha value is -4.84.